The number of amides is 2. The lowest BCUT2D eigenvalue weighted by atomic mass is 10.0. The molecule has 3 aromatic carbocycles. The Bertz CT molecular complexity index is 1700. The summed E-state index contributed by atoms with van der Waals surface area (Å²) < 4.78 is 25.9. The highest BCUT2D eigenvalue weighted by molar-refractivity contribution is 8.26. The van der Waals surface area contributed by atoms with E-state index >= 15 is 0 Å². The van der Waals surface area contributed by atoms with Crippen LogP contribution in [0.2, 0.25) is 10.0 Å². The van der Waals surface area contributed by atoms with Gasteiger partial charge in [0.05, 0.1) is 23.7 Å². The van der Waals surface area contributed by atoms with E-state index in [1.54, 1.807) is 24.3 Å². The molecule has 0 radical (unpaired) electrons. The molecule has 9 nitrogen and oxygen atoms in total. The molecule has 2 aliphatic heterocycles. The first-order chi connectivity index (χ1) is 22.1. The number of hydrogen-bond donors (Lipinski definition) is 2. The van der Waals surface area contributed by atoms with Gasteiger partial charge in [0, 0.05) is 53.9 Å². The largest absolute Gasteiger partial charge is 0.492 e. The van der Waals surface area contributed by atoms with E-state index in [0.29, 0.717) is 46.1 Å². The number of morpholine rings is 1. The Morgan fingerprint density at radius 3 is 2.48 bits per heavy atom. The quantitative estimate of drug-likeness (QED) is 0.172. The normalized spacial score (nSPS) is 16.2. The van der Waals surface area contributed by atoms with Crippen molar-refractivity contribution in [2.45, 2.75) is 6.42 Å². The van der Waals surface area contributed by atoms with Crippen molar-refractivity contribution in [3.05, 3.63) is 86.5 Å². The van der Waals surface area contributed by atoms with E-state index < -0.39 is 23.3 Å². The molecule has 2 fully saturated rings. The number of carbonyl (C=O) groups is 3. The van der Waals surface area contributed by atoms with E-state index in [4.69, 9.17) is 50.0 Å². The van der Waals surface area contributed by atoms with Crippen molar-refractivity contribution >= 4 is 81.0 Å². The van der Waals surface area contributed by atoms with Crippen molar-refractivity contribution < 1.29 is 33.4 Å². The van der Waals surface area contributed by atoms with Crippen LogP contribution in [0.25, 0.3) is 17.2 Å². The average Bonchev–Trinajstić information content (AvgIpc) is 3.27. The van der Waals surface area contributed by atoms with Gasteiger partial charge in [0.15, 0.2) is 0 Å². The van der Waals surface area contributed by atoms with E-state index in [1.165, 1.54) is 11.0 Å². The zero-order valence-corrected chi connectivity index (χ0v) is 27.4. The number of benzene rings is 3. The van der Waals surface area contributed by atoms with Crippen LogP contribution in [0.4, 0.5) is 10.1 Å². The topological polar surface area (TPSA) is 108 Å². The summed E-state index contributed by atoms with van der Waals surface area (Å²) in [7, 11) is 0. The maximum Gasteiger partial charge on any atom is 0.338 e. The van der Waals surface area contributed by atoms with Gasteiger partial charge >= 0.3 is 5.97 Å². The Morgan fingerprint density at radius 2 is 1.78 bits per heavy atom. The highest BCUT2D eigenvalue weighted by Crippen LogP contribution is 2.37. The Labute approximate surface area is 284 Å². The summed E-state index contributed by atoms with van der Waals surface area (Å²) in [5, 5.41) is 12.5. The fraction of sp³-hybridized carbons (Fsp3) is 0.250. The third-order valence-corrected chi connectivity index (χ3v) is 8.99. The van der Waals surface area contributed by atoms with Gasteiger partial charge in [-0.25, -0.2) is 9.18 Å². The number of aromatic carboxylic acids is 1. The average molecular weight is 705 g/mol. The number of hydrogen-bond acceptors (Lipinski definition) is 8. The van der Waals surface area contributed by atoms with Crippen LogP contribution in [-0.4, -0.2) is 83.0 Å². The Morgan fingerprint density at radius 1 is 1.04 bits per heavy atom. The van der Waals surface area contributed by atoms with Gasteiger partial charge in [0.1, 0.15) is 22.5 Å². The van der Waals surface area contributed by atoms with E-state index in [0.717, 1.165) is 54.7 Å². The molecule has 0 spiro atoms. The van der Waals surface area contributed by atoms with E-state index in [9.17, 15) is 18.8 Å². The molecule has 0 unspecified atom stereocenters. The first-order valence-corrected chi connectivity index (χ1v) is 16.2. The highest BCUT2D eigenvalue weighted by Gasteiger charge is 2.32. The van der Waals surface area contributed by atoms with Gasteiger partial charge in [-0.2, -0.15) is 0 Å². The van der Waals surface area contributed by atoms with E-state index in [1.807, 2.05) is 18.2 Å². The van der Waals surface area contributed by atoms with Crippen LogP contribution in [-0.2, 0) is 14.3 Å². The maximum atomic E-state index is 14.0. The number of anilines is 1. The van der Waals surface area contributed by atoms with Crippen molar-refractivity contribution in [1.29, 1.82) is 0 Å². The SMILES string of the molecule is O=C(CCN1C(=O)/C(=C/c2cc(-c3cc(Cl)cc(Cl)c3)ccc2OCCN2CCOCC2)SC1=S)Nc1ccc(C(=O)O)c(F)c1. The summed E-state index contributed by atoms with van der Waals surface area (Å²) in [6.07, 6.45) is 1.59. The van der Waals surface area contributed by atoms with Gasteiger partial charge in [-0.1, -0.05) is 53.2 Å². The molecule has 2 saturated heterocycles. The monoisotopic (exact) mass is 703 g/mol. The van der Waals surface area contributed by atoms with Crippen molar-refractivity contribution in [3.63, 3.8) is 0 Å². The number of carboxylic acids is 1. The Kier molecular flexibility index (Phi) is 11.3. The van der Waals surface area contributed by atoms with Gasteiger partial charge in [-0.15, -0.1) is 0 Å². The predicted octanol–water partition coefficient (Wildman–Crippen LogP) is 6.44. The van der Waals surface area contributed by atoms with Gasteiger partial charge in [-0.05, 0) is 65.7 Å². The second-order valence-electron chi connectivity index (χ2n) is 10.3. The zero-order chi connectivity index (χ0) is 32.8. The minimum Gasteiger partial charge on any atom is -0.492 e. The Balaban J connectivity index is 1.31. The molecule has 0 saturated carbocycles. The second-order valence-corrected chi connectivity index (χ2v) is 12.9. The second kappa shape index (κ2) is 15.4. The van der Waals surface area contributed by atoms with Crippen LogP contribution in [0.15, 0.2) is 59.5 Å². The van der Waals surface area contributed by atoms with Gasteiger partial charge in [0.2, 0.25) is 5.91 Å². The van der Waals surface area contributed by atoms with Crippen LogP contribution < -0.4 is 10.1 Å². The number of carbonyl (C=O) groups excluding carboxylic acids is 2. The molecule has 2 heterocycles. The zero-order valence-electron chi connectivity index (χ0n) is 24.3. The van der Waals surface area contributed by atoms with Gasteiger partial charge in [0.25, 0.3) is 5.91 Å². The molecule has 2 aliphatic rings. The first-order valence-electron chi connectivity index (χ1n) is 14.2. The van der Waals surface area contributed by atoms with Crippen LogP contribution in [0, 0.1) is 5.82 Å². The molecule has 0 atom stereocenters. The molecule has 14 heteroatoms. The van der Waals surface area contributed by atoms with E-state index in [-0.39, 0.29) is 28.9 Å². The first kappa shape index (κ1) is 33.8. The number of ether oxygens (including phenoxy) is 2. The van der Waals surface area contributed by atoms with Gasteiger partial charge < -0.3 is 19.9 Å². The fourth-order valence-corrected chi connectivity index (χ4v) is 6.66. The van der Waals surface area contributed by atoms with Gasteiger partial charge in [-0.3, -0.25) is 19.4 Å². The van der Waals surface area contributed by atoms with Crippen molar-refractivity contribution in [1.82, 2.24) is 9.80 Å². The van der Waals surface area contributed by atoms with Crippen molar-refractivity contribution in [2.75, 3.05) is 51.3 Å². The van der Waals surface area contributed by atoms with Crippen LogP contribution >= 0.6 is 47.2 Å². The Hall–Kier alpha value is -3.52. The fourth-order valence-electron chi connectivity index (χ4n) is 4.84. The van der Waals surface area contributed by atoms with Crippen LogP contribution in [0.1, 0.15) is 22.3 Å². The number of carboxylic acid groups (broad SMARTS) is 1. The smallest absolute Gasteiger partial charge is 0.338 e. The summed E-state index contributed by atoms with van der Waals surface area (Å²) in [6.45, 7) is 4.18. The summed E-state index contributed by atoms with van der Waals surface area (Å²) in [5.41, 5.74) is 1.86. The molecular formula is C32H28Cl2FN3O6S2. The summed E-state index contributed by atoms with van der Waals surface area (Å²) >= 11 is 19.1. The third kappa shape index (κ3) is 8.64. The number of thiocarbonyl (C=S) groups is 1. The number of thioether (sulfide) groups is 1. The number of nitrogens with zero attached hydrogens (tertiary/aromatic N) is 2. The lowest BCUT2D eigenvalue weighted by Crippen LogP contribution is -2.38. The van der Waals surface area contributed by atoms with Crippen molar-refractivity contribution in [3.8, 4) is 16.9 Å². The highest BCUT2D eigenvalue weighted by atomic mass is 35.5. The van der Waals surface area contributed by atoms with Crippen molar-refractivity contribution in [2.24, 2.45) is 0 Å². The lowest BCUT2D eigenvalue weighted by molar-refractivity contribution is -0.122. The molecule has 0 aliphatic carbocycles. The minimum absolute atomic E-state index is 0.00646. The molecule has 2 N–H and O–H groups in total. The molecule has 240 valence electrons. The molecular weight excluding hydrogens is 676 g/mol. The third-order valence-electron chi connectivity index (χ3n) is 7.18. The van der Waals surface area contributed by atoms with Crippen LogP contribution in [0.3, 0.4) is 0 Å². The maximum absolute atomic E-state index is 14.0. The molecule has 46 heavy (non-hydrogen) atoms. The summed E-state index contributed by atoms with van der Waals surface area (Å²) in [5.74, 6) is -2.67. The number of nitrogens with one attached hydrogen (secondary N) is 1. The minimum atomic E-state index is -1.41. The van der Waals surface area contributed by atoms with Crippen LogP contribution in [0.5, 0.6) is 5.75 Å². The number of rotatable bonds is 11. The number of halogens is 3. The molecule has 2 amide bonds. The summed E-state index contributed by atoms with van der Waals surface area (Å²) in [6, 6.07) is 14.2. The lowest BCUT2D eigenvalue weighted by Gasteiger charge is -2.26. The molecule has 0 bridgehead atoms. The van der Waals surface area contributed by atoms with E-state index in [2.05, 4.69) is 10.2 Å². The predicted molar refractivity (Wildman–Crippen MR) is 181 cm³/mol. The molecule has 5 rings (SSSR count). The molecule has 3 aromatic rings. The standard InChI is InChI=1S/C32H28Cl2FN3O6S2/c33-22-14-20(15-23(34)17-22)19-1-4-27(44-12-9-37-7-10-43-11-8-37)21(13-19)16-28-30(40)38(32(45)46-28)6-5-29(39)36-24-2-3-25(31(41)42)26(35)18-24/h1-4,13-18H,5-12H2,(H,36,39)(H,41,42)/b28-16-. The summed E-state index contributed by atoms with van der Waals surface area (Å²) in [4.78, 5) is 41.0. The molecule has 0 aromatic heterocycles.